The summed E-state index contributed by atoms with van der Waals surface area (Å²) in [7, 11) is 0. The van der Waals surface area contributed by atoms with Gasteiger partial charge in [0.05, 0.1) is 5.92 Å². The van der Waals surface area contributed by atoms with Gasteiger partial charge < -0.3 is 10.4 Å². The summed E-state index contributed by atoms with van der Waals surface area (Å²) in [5.41, 5.74) is 0. The van der Waals surface area contributed by atoms with Crippen molar-refractivity contribution < 1.29 is 9.90 Å². The van der Waals surface area contributed by atoms with Crippen LogP contribution >= 0.6 is 12.4 Å². The Balaban J connectivity index is 0.000001000. The standard InChI is InChI=1S/C7H13NO2.ClH/c1-5-4-8-3-2-6(5)7(9)10;/h5-6,8H,2-4H2,1H3,(H,9,10);1H. The monoisotopic (exact) mass is 179 g/mol. The summed E-state index contributed by atoms with van der Waals surface area (Å²) in [5, 5.41) is 11.8. The van der Waals surface area contributed by atoms with Crippen molar-refractivity contribution in [2.75, 3.05) is 13.1 Å². The van der Waals surface area contributed by atoms with E-state index in [0.29, 0.717) is 0 Å². The molecule has 0 aliphatic carbocycles. The lowest BCUT2D eigenvalue weighted by Gasteiger charge is -2.25. The Hall–Kier alpha value is -0.280. The van der Waals surface area contributed by atoms with Gasteiger partial charge in [0.25, 0.3) is 0 Å². The lowest BCUT2D eigenvalue weighted by Crippen LogP contribution is -2.38. The Morgan fingerprint density at radius 1 is 1.64 bits per heavy atom. The van der Waals surface area contributed by atoms with Gasteiger partial charge in [-0.15, -0.1) is 12.4 Å². The zero-order valence-corrected chi connectivity index (χ0v) is 7.36. The highest BCUT2D eigenvalue weighted by atomic mass is 35.5. The molecule has 2 atom stereocenters. The van der Waals surface area contributed by atoms with Crippen LogP contribution in [0.5, 0.6) is 0 Å². The molecule has 0 aromatic heterocycles. The van der Waals surface area contributed by atoms with Crippen LogP contribution in [0.3, 0.4) is 0 Å². The molecule has 1 saturated heterocycles. The Labute approximate surface area is 72.6 Å². The predicted octanol–water partition coefficient (Wildman–Crippen LogP) is 0.738. The smallest absolute Gasteiger partial charge is 0.306 e. The van der Waals surface area contributed by atoms with Crippen LogP contribution in [-0.4, -0.2) is 24.2 Å². The van der Waals surface area contributed by atoms with Gasteiger partial charge in [0.2, 0.25) is 0 Å². The van der Waals surface area contributed by atoms with Crippen LogP contribution in [0, 0.1) is 11.8 Å². The Bertz CT molecular complexity index is 140. The minimum absolute atomic E-state index is 0. The van der Waals surface area contributed by atoms with Gasteiger partial charge in [-0.2, -0.15) is 0 Å². The fourth-order valence-electron chi connectivity index (χ4n) is 1.38. The van der Waals surface area contributed by atoms with Crippen molar-refractivity contribution in [3.8, 4) is 0 Å². The summed E-state index contributed by atoms with van der Waals surface area (Å²) in [5.74, 6) is -0.485. The number of aliphatic carboxylic acids is 1. The summed E-state index contributed by atoms with van der Waals surface area (Å²) in [6.07, 6.45) is 0.774. The minimum atomic E-state index is -0.644. The van der Waals surface area contributed by atoms with Crippen molar-refractivity contribution in [2.24, 2.45) is 11.8 Å². The minimum Gasteiger partial charge on any atom is -0.481 e. The van der Waals surface area contributed by atoms with Crippen LogP contribution in [0.15, 0.2) is 0 Å². The highest BCUT2D eigenvalue weighted by Crippen LogP contribution is 2.17. The summed E-state index contributed by atoms with van der Waals surface area (Å²) >= 11 is 0. The molecule has 1 fully saturated rings. The quantitative estimate of drug-likeness (QED) is 0.624. The number of hydrogen-bond donors (Lipinski definition) is 2. The number of rotatable bonds is 1. The first-order valence-corrected chi connectivity index (χ1v) is 3.65. The summed E-state index contributed by atoms with van der Waals surface area (Å²) < 4.78 is 0. The molecule has 11 heavy (non-hydrogen) atoms. The van der Waals surface area contributed by atoms with Crippen LogP contribution in [0.25, 0.3) is 0 Å². The number of halogens is 1. The molecule has 66 valence electrons. The van der Waals surface area contributed by atoms with Crippen LogP contribution in [0.2, 0.25) is 0 Å². The van der Waals surface area contributed by atoms with E-state index in [-0.39, 0.29) is 24.2 Å². The topological polar surface area (TPSA) is 49.3 Å². The Kier molecular flexibility index (Phi) is 4.45. The van der Waals surface area contributed by atoms with E-state index in [0.717, 1.165) is 19.5 Å². The van der Waals surface area contributed by atoms with E-state index in [9.17, 15) is 4.79 Å². The second-order valence-corrected chi connectivity index (χ2v) is 2.91. The van der Waals surface area contributed by atoms with E-state index in [1.807, 2.05) is 6.92 Å². The van der Waals surface area contributed by atoms with Crippen LogP contribution in [0.4, 0.5) is 0 Å². The fourth-order valence-corrected chi connectivity index (χ4v) is 1.38. The molecular weight excluding hydrogens is 166 g/mol. The molecule has 0 radical (unpaired) electrons. The fraction of sp³-hybridized carbons (Fsp3) is 0.857. The maximum Gasteiger partial charge on any atom is 0.306 e. The average Bonchev–Trinajstić information content (AvgIpc) is 1.88. The molecule has 1 aliphatic heterocycles. The summed E-state index contributed by atoms with van der Waals surface area (Å²) in [6, 6.07) is 0. The molecule has 1 heterocycles. The van der Waals surface area contributed by atoms with E-state index in [1.165, 1.54) is 0 Å². The van der Waals surface area contributed by atoms with Crippen LogP contribution in [-0.2, 0) is 4.79 Å². The molecular formula is C7H14ClNO2. The molecule has 1 aliphatic rings. The number of carbonyl (C=O) groups is 1. The molecule has 0 spiro atoms. The molecule has 1 rings (SSSR count). The van der Waals surface area contributed by atoms with Gasteiger partial charge in [-0.25, -0.2) is 0 Å². The van der Waals surface area contributed by atoms with Crippen molar-refractivity contribution in [1.82, 2.24) is 5.32 Å². The van der Waals surface area contributed by atoms with Crippen molar-refractivity contribution in [3.05, 3.63) is 0 Å². The third-order valence-electron chi connectivity index (χ3n) is 2.10. The largest absolute Gasteiger partial charge is 0.481 e. The first-order chi connectivity index (χ1) is 4.72. The van der Waals surface area contributed by atoms with E-state index in [1.54, 1.807) is 0 Å². The Morgan fingerprint density at radius 2 is 2.27 bits per heavy atom. The van der Waals surface area contributed by atoms with Crippen molar-refractivity contribution in [2.45, 2.75) is 13.3 Å². The van der Waals surface area contributed by atoms with Gasteiger partial charge in [0.1, 0.15) is 0 Å². The SMILES string of the molecule is CC1CNCCC1C(=O)O.Cl. The molecule has 0 aromatic rings. The molecule has 3 nitrogen and oxygen atoms in total. The predicted molar refractivity (Wildman–Crippen MR) is 45.0 cm³/mol. The molecule has 0 amide bonds. The molecule has 0 bridgehead atoms. The van der Waals surface area contributed by atoms with E-state index in [4.69, 9.17) is 5.11 Å². The highest BCUT2D eigenvalue weighted by Gasteiger charge is 2.26. The lowest BCUT2D eigenvalue weighted by atomic mass is 9.88. The highest BCUT2D eigenvalue weighted by molar-refractivity contribution is 5.85. The summed E-state index contributed by atoms with van der Waals surface area (Å²) in [6.45, 7) is 3.67. The third-order valence-corrected chi connectivity index (χ3v) is 2.10. The normalized spacial score (nSPS) is 30.6. The zero-order chi connectivity index (χ0) is 7.56. The van der Waals surface area contributed by atoms with Gasteiger partial charge in [-0.3, -0.25) is 4.79 Å². The zero-order valence-electron chi connectivity index (χ0n) is 6.54. The second kappa shape index (κ2) is 4.57. The maximum atomic E-state index is 10.5. The third kappa shape index (κ3) is 2.67. The second-order valence-electron chi connectivity index (χ2n) is 2.91. The van der Waals surface area contributed by atoms with Crippen LogP contribution < -0.4 is 5.32 Å². The number of piperidine rings is 1. The molecule has 2 unspecified atom stereocenters. The van der Waals surface area contributed by atoms with Crippen LogP contribution in [0.1, 0.15) is 13.3 Å². The van der Waals surface area contributed by atoms with Gasteiger partial charge in [-0.1, -0.05) is 6.92 Å². The average molecular weight is 180 g/mol. The van der Waals surface area contributed by atoms with E-state index in [2.05, 4.69) is 5.32 Å². The van der Waals surface area contributed by atoms with Crippen molar-refractivity contribution in [1.29, 1.82) is 0 Å². The van der Waals surface area contributed by atoms with Gasteiger partial charge >= 0.3 is 5.97 Å². The maximum absolute atomic E-state index is 10.5. The molecule has 0 aromatic carbocycles. The molecule has 4 heteroatoms. The number of carboxylic acid groups (broad SMARTS) is 1. The lowest BCUT2D eigenvalue weighted by molar-refractivity contribution is -0.144. The van der Waals surface area contributed by atoms with E-state index < -0.39 is 5.97 Å². The van der Waals surface area contributed by atoms with Gasteiger partial charge in [0, 0.05) is 0 Å². The van der Waals surface area contributed by atoms with Crippen molar-refractivity contribution >= 4 is 18.4 Å². The molecule has 0 saturated carbocycles. The number of carboxylic acids is 1. The van der Waals surface area contributed by atoms with Gasteiger partial charge in [-0.05, 0) is 25.4 Å². The van der Waals surface area contributed by atoms with E-state index >= 15 is 0 Å². The number of hydrogen-bond acceptors (Lipinski definition) is 2. The first-order valence-electron chi connectivity index (χ1n) is 3.65. The van der Waals surface area contributed by atoms with Crippen molar-refractivity contribution in [3.63, 3.8) is 0 Å². The molecule has 2 N–H and O–H groups in total. The van der Waals surface area contributed by atoms with Gasteiger partial charge in [0.15, 0.2) is 0 Å². The Morgan fingerprint density at radius 3 is 2.64 bits per heavy atom. The summed E-state index contributed by atoms with van der Waals surface area (Å²) in [4.78, 5) is 10.5. The number of nitrogens with one attached hydrogen (secondary N) is 1. The first kappa shape index (κ1) is 10.7.